The van der Waals surface area contributed by atoms with Crippen LogP contribution in [0.4, 0.5) is 10.5 Å². The number of nitrogens with one attached hydrogen (secondary N) is 2. The number of carboxylic acids is 1. The van der Waals surface area contributed by atoms with E-state index in [0.29, 0.717) is 11.4 Å². The maximum Gasteiger partial charge on any atom is 0.411 e. The number of fused-ring (bicyclic) bond motifs is 3. The SMILES string of the molecule is O=C(Cc1ccc(NC(=O)OCC2c3ccccc3-c3ccccc32)cn1)NC(CCO)C(=O)O. The molecule has 1 aliphatic carbocycles. The molecule has 4 N–H and O–H groups in total. The van der Waals surface area contributed by atoms with Gasteiger partial charge in [0.2, 0.25) is 5.91 Å². The molecule has 3 aromatic rings. The summed E-state index contributed by atoms with van der Waals surface area (Å²) in [6.45, 7) is -0.171. The van der Waals surface area contributed by atoms with Gasteiger partial charge in [-0.15, -0.1) is 0 Å². The number of amides is 2. The van der Waals surface area contributed by atoms with E-state index < -0.39 is 24.0 Å². The second kappa shape index (κ2) is 10.8. The van der Waals surface area contributed by atoms with E-state index in [0.717, 1.165) is 22.3 Å². The molecule has 35 heavy (non-hydrogen) atoms. The predicted molar refractivity (Wildman–Crippen MR) is 128 cm³/mol. The summed E-state index contributed by atoms with van der Waals surface area (Å²) in [6.07, 6.45) is 0.553. The van der Waals surface area contributed by atoms with Gasteiger partial charge in [-0.25, -0.2) is 9.59 Å². The Morgan fingerprint density at radius 1 is 0.971 bits per heavy atom. The van der Waals surface area contributed by atoms with Gasteiger partial charge in [0.05, 0.1) is 18.3 Å². The van der Waals surface area contributed by atoms with Gasteiger partial charge in [0.15, 0.2) is 0 Å². The van der Waals surface area contributed by atoms with Crippen LogP contribution >= 0.6 is 0 Å². The van der Waals surface area contributed by atoms with Crippen molar-refractivity contribution in [1.29, 1.82) is 0 Å². The topological polar surface area (TPSA) is 138 Å². The van der Waals surface area contributed by atoms with E-state index in [1.165, 1.54) is 6.20 Å². The average molecular weight is 476 g/mol. The second-order valence-corrected chi connectivity index (χ2v) is 8.14. The van der Waals surface area contributed by atoms with E-state index in [1.807, 2.05) is 36.4 Å². The van der Waals surface area contributed by atoms with Crippen molar-refractivity contribution in [1.82, 2.24) is 10.3 Å². The van der Waals surface area contributed by atoms with Gasteiger partial charge in [-0.1, -0.05) is 48.5 Å². The molecular formula is C26H25N3O6. The molecule has 1 atom stereocenters. The number of ether oxygens (including phenoxy) is 1. The maximum absolute atomic E-state index is 12.4. The van der Waals surface area contributed by atoms with Crippen LogP contribution < -0.4 is 10.6 Å². The summed E-state index contributed by atoms with van der Waals surface area (Å²) in [5.74, 6) is -1.80. The summed E-state index contributed by atoms with van der Waals surface area (Å²) in [5, 5.41) is 22.9. The number of hydrogen-bond donors (Lipinski definition) is 4. The number of aliphatic carboxylic acids is 1. The van der Waals surface area contributed by atoms with Crippen LogP contribution in [0, 0.1) is 0 Å². The van der Waals surface area contributed by atoms with Gasteiger partial charge in [0, 0.05) is 24.6 Å². The van der Waals surface area contributed by atoms with Gasteiger partial charge >= 0.3 is 12.1 Å². The molecule has 180 valence electrons. The fourth-order valence-corrected chi connectivity index (χ4v) is 4.15. The lowest BCUT2D eigenvalue weighted by Crippen LogP contribution is -2.42. The number of anilines is 1. The lowest BCUT2D eigenvalue weighted by molar-refractivity contribution is -0.142. The highest BCUT2D eigenvalue weighted by Gasteiger charge is 2.29. The van der Waals surface area contributed by atoms with Crippen molar-refractivity contribution in [3.63, 3.8) is 0 Å². The van der Waals surface area contributed by atoms with Crippen LogP contribution in [0.15, 0.2) is 66.9 Å². The van der Waals surface area contributed by atoms with Gasteiger partial charge in [-0.3, -0.25) is 15.1 Å². The maximum atomic E-state index is 12.4. The molecule has 4 rings (SSSR count). The first kappa shape index (κ1) is 23.9. The summed E-state index contributed by atoms with van der Waals surface area (Å²) < 4.78 is 5.51. The number of carbonyl (C=O) groups excluding carboxylic acids is 2. The summed E-state index contributed by atoms with van der Waals surface area (Å²) in [7, 11) is 0. The number of aliphatic hydroxyl groups excluding tert-OH is 1. The Hall–Kier alpha value is -4.24. The summed E-state index contributed by atoms with van der Waals surface area (Å²) in [5.41, 5.74) is 5.33. The third kappa shape index (κ3) is 5.64. The Labute approximate surface area is 201 Å². The monoisotopic (exact) mass is 475 g/mol. The molecule has 1 unspecified atom stereocenters. The number of rotatable bonds is 9. The first-order valence-electron chi connectivity index (χ1n) is 11.2. The van der Waals surface area contributed by atoms with E-state index in [-0.39, 0.29) is 32.0 Å². The highest BCUT2D eigenvalue weighted by molar-refractivity contribution is 5.86. The van der Waals surface area contributed by atoms with E-state index in [1.54, 1.807) is 12.1 Å². The van der Waals surface area contributed by atoms with Crippen LogP contribution in [0.25, 0.3) is 11.1 Å². The Morgan fingerprint density at radius 3 is 2.20 bits per heavy atom. The molecule has 1 heterocycles. The van der Waals surface area contributed by atoms with Crippen molar-refractivity contribution in [2.75, 3.05) is 18.5 Å². The van der Waals surface area contributed by atoms with E-state index >= 15 is 0 Å². The first-order chi connectivity index (χ1) is 17.0. The third-order valence-corrected chi connectivity index (χ3v) is 5.81. The number of hydrogen-bond acceptors (Lipinski definition) is 6. The van der Waals surface area contributed by atoms with E-state index in [2.05, 4.69) is 27.8 Å². The number of pyridine rings is 1. The molecule has 0 saturated heterocycles. The lowest BCUT2D eigenvalue weighted by Gasteiger charge is -2.15. The Kier molecular flexibility index (Phi) is 7.37. The first-order valence-corrected chi connectivity index (χ1v) is 11.2. The number of nitrogens with zero attached hydrogens (tertiary/aromatic N) is 1. The number of carboxylic acid groups (broad SMARTS) is 1. The van der Waals surface area contributed by atoms with Gasteiger partial charge < -0.3 is 20.3 Å². The van der Waals surface area contributed by atoms with Crippen molar-refractivity contribution in [2.45, 2.75) is 24.8 Å². The number of aliphatic hydroxyl groups is 1. The molecule has 0 saturated carbocycles. The van der Waals surface area contributed by atoms with Crippen molar-refractivity contribution in [3.05, 3.63) is 83.7 Å². The van der Waals surface area contributed by atoms with Crippen LogP contribution in [-0.2, 0) is 20.7 Å². The quantitative estimate of drug-likeness (QED) is 0.373. The fraction of sp³-hybridized carbons (Fsp3) is 0.231. The van der Waals surface area contributed by atoms with Crippen LogP contribution in [0.1, 0.15) is 29.2 Å². The Bertz CT molecular complexity index is 1180. The molecule has 0 fully saturated rings. The van der Waals surface area contributed by atoms with Crippen molar-refractivity contribution in [3.8, 4) is 11.1 Å². The zero-order chi connectivity index (χ0) is 24.8. The van der Waals surface area contributed by atoms with Crippen LogP contribution in [-0.4, -0.2) is 52.4 Å². The number of benzene rings is 2. The van der Waals surface area contributed by atoms with Gasteiger partial charge in [-0.2, -0.15) is 0 Å². The normalized spacial score (nSPS) is 12.8. The molecule has 2 amide bonds. The largest absolute Gasteiger partial charge is 0.480 e. The number of aromatic nitrogens is 1. The van der Waals surface area contributed by atoms with Crippen LogP contribution in [0.3, 0.4) is 0 Å². The van der Waals surface area contributed by atoms with E-state index in [4.69, 9.17) is 14.9 Å². The molecular weight excluding hydrogens is 450 g/mol. The molecule has 1 aromatic heterocycles. The second-order valence-electron chi connectivity index (χ2n) is 8.14. The lowest BCUT2D eigenvalue weighted by atomic mass is 9.98. The molecule has 1 aliphatic rings. The fourth-order valence-electron chi connectivity index (χ4n) is 4.15. The zero-order valence-corrected chi connectivity index (χ0v) is 18.8. The average Bonchev–Trinajstić information content (AvgIpc) is 3.17. The summed E-state index contributed by atoms with van der Waals surface area (Å²) >= 11 is 0. The molecule has 0 bridgehead atoms. The van der Waals surface area contributed by atoms with Crippen molar-refractivity contribution >= 4 is 23.7 Å². The van der Waals surface area contributed by atoms with Gasteiger partial charge in [0.1, 0.15) is 12.6 Å². The summed E-state index contributed by atoms with van der Waals surface area (Å²) in [4.78, 5) is 39.7. The molecule has 0 aliphatic heterocycles. The van der Waals surface area contributed by atoms with Crippen molar-refractivity contribution in [2.24, 2.45) is 0 Å². The molecule has 0 radical (unpaired) electrons. The standard InChI is InChI=1S/C26H25N3O6/c30-12-11-23(25(32)33)29-24(31)13-16-9-10-17(14-27-16)28-26(34)35-15-22-20-7-3-1-5-18(20)19-6-2-4-8-21(19)22/h1-10,14,22-23,30H,11-13,15H2,(H,28,34)(H,29,31)(H,32,33). The summed E-state index contributed by atoms with van der Waals surface area (Å²) in [6, 6.07) is 18.1. The Morgan fingerprint density at radius 2 is 1.63 bits per heavy atom. The van der Waals surface area contributed by atoms with E-state index in [9.17, 15) is 14.4 Å². The highest BCUT2D eigenvalue weighted by atomic mass is 16.5. The van der Waals surface area contributed by atoms with Gasteiger partial charge in [0.25, 0.3) is 0 Å². The van der Waals surface area contributed by atoms with Gasteiger partial charge in [-0.05, 0) is 34.4 Å². The predicted octanol–water partition coefficient (Wildman–Crippen LogP) is 2.94. The molecule has 9 nitrogen and oxygen atoms in total. The number of carbonyl (C=O) groups is 3. The third-order valence-electron chi connectivity index (χ3n) is 5.81. The highest BCUT2D eigenvalue weighted by Crippen LogP contribution is 2.44. The minimum atomic E-state index is -1.22. The van der Waals surface area contributed by atoms with Crippen LogP contribution in [0.5, 0.6) is 0 Å². The molecule has 9 heteroatoms. The molecule has 0 spiro atoms. The smallest absolute Gasteiger partial charge is 0.411 e. The Balaban J connectivity index is 1.31. The minimum absolute atomic E-state index is 0.0485. The van der Waals surface area contributed by atoms with Crippen LogP contribution in [0.2, 0.25) is 0 Å². The van der Waals surface area contributed by atoms with Crippen molar-refractivity contribution < 1.29 is 29.3 Å². The molecule has 2 aromatic carbocycles. The minimum Gasteiger partial charge on any atom is -0.480 e. The zero-order valence-electron chi connectivity index (χ0n) is 18.8.